The van der Waals surface area contributed by atoms with Gasteiger partial charge in [-0.3, -0.25) is 4.90 Å². The minimum absolute atomic E-state index is 0.196. The Bertz CT molecular complexity index is 534. The Morgan fingerprint density at radius 1 is 1.12 bits per heavy atom. The average molecular weight is 346 g/mol. The number of halogens is 4. The van der Waals surface area contributed by atoms with Gasteiger partial charge in [0.2, 0.25) is 0 Å². The van der Waals surface area contributed by atoms with E-state index in [9.17, 15) is 17.6 Å². The highest BCUT2D eigenvalue weighted by atomic mass is 19.4. The average Bonchev–Trinajstić information content (AvgIpc) is 2.58. The van der Waals surface area contributed by atoms with Crippen LogP contribution >= 0.6 is 0 Å². The highest BCUT2D eigenvalue weighted by Crippen LogP contribution is 2.38. The molecule has 0 aliphatic carbocycles. The molecule has 0 aromatic heterocycles. The molecule has 7 heteroatoms. The summed E-state index contributed by atoms with van der Waals surface area (Å²) in [7, 11) is 0. The van der Waals surface area contributed by atoms with Gasteiger partial charge in [-0.2, -0.15) is 13.2 Å². The molecule has 0 bridgehead atoms. The van der Waals surface area contributed by atoms with Crippen molar-refractivity contribution in [3.8, 4) is 0 Å². The molecule has 1 aromatic carbocycles. The zero-order chi connectivity index (χ0) is 17.2. The predicted molar refractivity (Wildman–Crippen MR) is 82.1 cm³/mol. The van der Waals surface area contributed by atoms with Crippen LogP contribution in [0.1, 0.15) is 30.0 Å². The summed E-state index contributed by atoms with van der Waals surface area (Å²) in [6, 6.07) is 2.75. The fourth-order valence-corrected chi connectivity index (χ4v) is 3.68. The Morgan fingerprint density at radius 3 is 2.38 bits per heavy atom. The van der Waals surface area contributed by atoms with Gasteiger partial charge in [0.25, 0.3) is 0 Å². The maximum atomic E-state index is 14.6. The maximum absolute atomic E-state index is 14.6. The van der Waals surface area contributed by atoms with Crippen LogP contribution in [0.2, 0.25) is 0 Å². The first-order valence-corrected chi connectivity index (χ1v) is 8.36. The van der Waals surface area contributed by atoms with Crippen molar-refractivity contribution in [3.63, 3.8) is 0 Å². The lowest BCUT2D eigenvalue weighted by Crippen LogP contribution is -2.47. The van der Waals surface area contributed by atoms with Crippen LogP contribution in [-0.2, 0) is 10.9 Å². The van der Waals surface area contributed by atoms with Gasteiger partial charge in [-0.1, -0.05) is 6.07 Å². The number of alkyl halides is 3. The second kappa shape index (κ2) is 7.37. The van der Waals surface area contributed by atoms with E-state index in [4.69, 9.17) is 4.74 Å². The monoisotopic (exact) mass is 346 g/mol. The number of hydrogen-bond donors (Lipinski definition) is 1. The zero-order valence-corrected chi connectivity index (χ0v) is 13.4. The number of ether oxygens (including phenoxy) is 1. The van der Waals surface area contributed by atoms with E-state index in [1.165, 1.54) is 6.07 Å². The van der Waals surface area contributed by atoms with Crippen LogP contribution < -0.4 is 5.32 Å². The molecule has 1 atom stereocenters. The number of piperazine rings is 1. The minimum atomic E-state index is -4.53. The third kappa shape index (κ3) is 3.90. The van der Waals surface area contributed by atoms with Crippen molar-refractivity contribution < 1.29 is 22.3 Å². The third-order valence-corrected chi connectivity index (χ3v) is 4.90. The van der Waals surface area contributed by atoms with Crippen LogP contribution in [0.25, 0.3) is 0 Å². The molecular formula is C17H22F4N2O. The summed E-state index contributed by atoms with van der Waals surface area (Å²) in [5, 5.41) is 3.26. The molecule has 0 radical (unpaired) electrons. The smallest absolute Gasteiger partial charge is 0.381 e. The number of hydrogen-bond acceptors (Lipinski definition) is 3. The second-order valence-electron chi connectivity index (χ2n) is 6.41. The SMILES string of the molecule is Fc1cc(C(F)(F)F)ccc1[C@@H](C1CCOCC1)N1CCNCC1. The van der Waals surface area contributed by atoms with Gasteiger partial charge in [0, 0.05) is 51.0 Å². The van der Waals surface area contributed by atoms with Gasteiger partial charge >= 0.3 is 6.18 Å². The highest BCUT2D eigenvalue weighted by molar-refractivity contribution is 5.29. The molecule has 2 saturated heterocycles. The van der Waals surface area contributed by atoms with Crippen LogP contribution in [0.5, 0.6) is 0 Å². The molecule has 24 heavy (non-hydrogen) atoms. The lowest BCUT2D eigenvalue weighted by atomic mass is 9.85. The van der Waals surface area contributed by atoms with Crippen LogP contribution in [0.15, 0.2) is 18.2 Å². The fraction of sp³-hybridized carbons (Fsp3) is 0.647. The van der Waals surface area contributed by atoms with Gasteiger partial charge in [-0.05, 0) is 30.9 Å². The molecular weight excluding hydrogens is 324 g/mol. The zero-order valence-electron chi connectivity index (χ0n) is 13.4. The first-order chi connectivity index (χ1) is 11.5. The maximum Gasteiger partial charge on any atom is 0.416 e. The standard InChI is InChI=1S/C17H22F4N2O/c18-15-11-13(17(19,20)21)1-2-14(15)16(12-3-9-24-10-4-12)23-7-5-22-6-8-23/h1-2,11-12,16,22H,3-10H2/t16-/m1/s1. The molecule has 0 spiro atoms. The Hall–Kier alpha value is -1.18. The van der Waals surface area contributed by atoms with Gasteiger partial charge in [0.1, 0.15) is 5.82 Å². The third-order valence-electron chi connectivity index (χ3n) is 4.90. The van der Waals surface area contributed by atoms with Gasteiger partial charge in [-0.25, -0.2) is 4.39 Å². The van der Waals surface area contributed by atoms with Crippen molar-refractivity contribution >= 4 is 0 Å². The van der Waals surface area contributed by atoms with E-state index in [1.54, 1.807) is 0 Å². The summed E-state index contributed by atoms with van der Waals surface area (Å²) in [6.07, 6.45) is -2.92. The number of nitrogens with zero attached hydrogens (tertiary/aromatic N) is 1. The highest BCUT2D eigenvalue weighted by Gasteiger charge is 2.35. The molecule has 134 valence electrons. The molecule has 0 amide bonds. The molecule has 2 fully saturated rings. The molecule has 1 N–H and O–H groups in total. The molecule has 3 nitrogen and oxygen atoms in total. The topological polar surface area (TPSA) is 24.5 Å². The molecule has 2 aliphatic rings. The second-order valence-corrected chi connectivity index (χ2v) is 6.41. The summed E-state index contributed by atoms with van der Waals surface area (Å²) in [6.45, 7) is 4.39. The van der Waals surface area contributed by atoms with E-state index < -0.39 is 17.6 Å². The first-order valence-electron chi connectivity index (χ1n) is 8.36. The van der Waals surface area contributed by atoms with E-state index in [0.717, 1.165) is 45.1 Å². The van der Waals surface area contributed by atoms with Crippen molar-refractivity contribution in [2.45, 2.75) is 25.1 Å². The summed E-state index contributed by atoms with van der Waals surface area (Å²) in [5.74, 6) is -0.567. The Morgan fingerprint density at radius 2 is 1.79 bits per heavy atom. The molecule has 2 heterocycles. The summed E-state index contributed by atoms with van der Waals surface area (Å²) in [4.78, 5) is 2.19. The number of benzene rings is 1. The van der Waals surface area contributed by atoms with Gasteiger partial charge in [-0.15, -0.1) is 0 Å². The minimum Gasteiger partial charge on any atom is -0.381 e. The summed E-state index contributed by atoms with van der Waals surface area (Å²) >= 11 is 0. The Labute approximate surface area is 139 Å². The largest absolute Gasteiger partial charge is 0.416 e. The van der Waals surface area contributed by atoms with Crippen LogP contribution in [0.4, 0.5) is 17.6 Å². The normalized spacial score (nSPS) is 22.5. The number of nitrogens with one attached hydrogen (secondary N) is 1. The quantitative estimate of drug-likeness (QED) is 0.851. The summed E-state index contributed by atoms with van der Waals surface area (Å²) < 4.78 is 58.4. The van der Waals surface area contributed by atoms with Crippen LogP contribution in [0, 0.1) is 11.7 Å². The van der Waals surface area contributed by atoms with Crippen molar-refractivity contribution in [1.29, 1.82) is 0 Å². The molecule has 1 aromatic rings. The van der Waals surface area contributed by atoms with E-state index in [2.05, 4.69) is 10.2 Å². The van der Waals surface area contributed by atoms with E-state index in [1.807, 2.05) is 0 Å². The van der Waals surface area contributed by atoms with Gasteiger partial charge in [0.05, 0.1) is 5.56 Å². The molecule has 0 unspecified atom stereocenters. The van der Waals surface area contributed by atoms with Crippen LogP contribution in [-0.4, -0.2) is 44.3 Å². The predicted octanol–water partition coefficient (Wildman–Crippen LogP) is 3.22. The lowest BCUT2D eigenvalue weighted by molar-refractivity contribution is -0.137. The van der Waals surface area contributed by atoms with Crippen molar-refractivity contribution in [2.75, 3.05) is 39.4 Å². The number of rotatable bonds is 3. The van der Waals surface area contributed by atoms with Gasteiger partial charge < -0.3 is 10.1 Å². The van der Waals surface area contributed by atoms with Crippen molar-refractivity contribution in [2.24, 2.45) is 5.92 Å². The lowest BCUT2D eigenvalue weighted by Gasteiger charge is -2.41. The first kappa shape index (κ1) is 17.6. The Kier molecular flexibility index (Phi) is 5.42. The van der Waals surface area contributed by atoms with Crippen LogP contribution in [0.3, 0.4) is 0 Å². The fourth-order valence-electron chi connectivity index (χ4n) is 3.68. The molecule has 3 rings (SSSR count). The van der Waals surface area contributed by atoms with Crippen molar-refractivity contribution in [1.82, 2.24) is 10.2 Å². The van der Waals surface area contributed by atoms with E-state index in [-0.39, 0.29) is 12.0 Å². The Balaban J connectivity index is 1.92. The van der Waals surface area contributed by atoms with E-state index >= 15 is 0 Å². The summed E-state index contributed by atoms with van der Waals surface area (Å²) in [5.41, 5.74) is -0.563. The molecule has 0 saturated carbocycles. The van der Waals surface area contributed by atoms with E-state index in [0.29, 0.717) is 24.8 Å². The molecule has 2 aliphatic heterocycles. The van der Waals surface area contributed by atoms with Gasteiger partial charge in [0.15, 0.2) is 0 Å². The van der Waals surface area contributed by atoms with Crippen molar-refractivity contribution in [3.05, 3.63) is 35.1 Å².